The molecule has 2 N–H and O–H groups in total. The third-order valence-corrected chi connectivity index (χ3v) is 7.36. The molecule has 8 nitrogen and oxygen atoms in total. The van der Waals surface area contributed by atoms with Crippen molar-refractivity contribution >= 4 is 17.3 Å². The van der Waals surface area contributed by atoms with Crippen LogP contribution in [0.5, 0.6) is 0 Å². The lowest BCUT2D eigenvalue weighted by Gasteiger charge is -2.35. The van der Waals surface area contributed by atoms with Crippen LogP contribution in [0.15, 0.2) is 59.5 Å². The van der Waals surface area contributed by atoms with Gasteiger partial charge in [0.15, 0.2) is 0 Å². The number of nitrogens with zero attached hydrogens (tertiary/aromatic N) is 3. The number of hydrogen-bond donors (Lipinski definition) is 2. The minimum atomic E-state index is -4.86. The predicted molar refractivity (Wildman–Crippen MR) is 148 cm³/mol. The topological polar surface area (TPSA) is 80.9 Å². The molecule has 0 spiro atoms. The number of benzene rings is 2. The molecule has 1 amide bonds. The smallest absolute Gasteiger partial charge is 0.379 e. The Balaban J connectivity index is 1.44. The highest BCUT2D eigenvalue weighted by molar-refractivity contribution is 6.07. The monoisotopic (exact) mass is 555 g/mol. The molecule has 2 aliphatic heterocycles. The number of likely N-dealkylation sites (N-methyl/N-ethyl adjacent to an activating group) is 1. The number of piperazine rings is 1. The molecule has 2 aromatic carbocycles. The Morgan fingerprint density at radius 1 is 0.950 bits per heavy atom. The number of morpholine rings is 1. The maximum Gasteiger partial charge on any atom is 0.417 e. The fraction of sp³-hybridized carbons (Fsp3) is 0.379. The highest BCUT2D eigenvalue weighted by atomic mass is 19.4. The van der Waals surface area contributed by atoms with Gasteiger partial charge < -0.3 is 24.8 Å². The zero-order chi connectivity index (χ0) is 28.3. The van der Waals surface area contributed by atoms with Crippen LogP contribution < -0.4 is 15.8 Å². The summed E-state index contributed by atoms with van der Waals surface area (Å²) in [6.07, 6.45) is -4.04. The van der Waals surface area contributed by atoms with Crippen molar-refractivity contribution in [3.63, 3.8) is 0 Å². The van der Waals surface area contributed by atoms with Crippen molar-refractivity contribution in [2.75, 3.05) is 69.7 Å². The Kier molecular flexibility index (Phi) is 8.24. The summed E-state index contributed by atoms with van der Waals surface area (Å²) in [7, 11) is 2.03. The molecule has 0 radical (unpaired) electrons. The number of halogens is 3. The minimum absolute atomic E-state index is 0.406. The molecule has 3 heterocycles. The van der Waals surface area contributed by atoms with Crippen LogP contribution in [0.1, 0.15) is 21.5 Å². The number of nitrogens with one attached hydrogen (secondary N) is 2. The lowest BCUT2D eigenvalue weighted by atomic mass is 10.0. The number of aromatic nitrogens is 1. The van der Waals surface area contributed by atoms with Crippen molar-refractivity contribution in [3.05, 3.63) is 81.8 Å². The molecule has 0 bridgehead atoms. The van der Waals surface area contributed by atoms with Crippen LogP contribution in [-0.2, 0) is 17.5 Å². The summed E-state index contributed by atoms with van der Waals surface area (Å²) in [6.45, 7) is 7.13. The van der Waals surface area contributed by atoms with Crippen LogP contribution in [-0.4, -0.2) is 80.2 Å². The van der Waals surface area contributed by atoms with E-state index in [0.717, 1.165) is 68.9 Å². The number of amides is 1. The molecule has 3 aromatic rings. The Hall–Kier alpha value is -3.67. The predicted octanol–water partition coefficient (Wildman–Crippen LogP) is 3.90. The van der Waals surface area contributed by atoms with E-state index < -0.39 is 28.8 Å². The van der Waals surface area contributed by atoms with Crippen molar-refractivity contribution in [2.45, 2.75) is 12.7 Å². The lowest BCUT2D eigenvalue weighted by Crippen LogP contribution is -2.44. The number of carbonyl (C=O) groups is 1. The summed E-state index contributed by atoms with van der Waals surface area (Å²) < 4.78 is 46.4. The Bertz CT molecular complexity index is 1390. The quantitative estimate of drug-likeness (QED) is 0.481. The van der Waals surface area contributed by atoms with Gasteiger partial charge in [-0.3, -0.25) is 14.5 Å². The molecule has 40 heavy (non-hydrogen) atoms. The number of ether oxygens (including phenoxy) is 1. The first-order valence-electron chi connectivity index (χ1n) is 13.3. The maximum atomic E-state index is 13.6. The first-order chi connectivity index (χ1) is 19.2. The van der Waals surface area contributed by atoms with Gasteiger partial charge >= 0.3 is 6.18 Å². The fourth-order valence-corrected chi connectivity index (χ4v) is 5.04. The van der Waals surface area contributed by atoms with E-state index in [-0.39, 0.29) is 0 Å². The van der Waals surface area contributed by atoms with Gasteiger partial charge in [-0.25, -0.2) is 0 Å². The molecule has 2 saturated heterocycles. The molecule has 1 aromatic heterocycles. The number of rotatable bonds is 6. The van der Waals surface area contributed by atoms with Gasteiger partial charge in [-0.15, -0.1) is 0 Å². The van der Waals surface area contributed by atoms with Gasteiger partial charge in [0, 0.05) is 58.1 Å². The first-order valence-corrected chi connectivity index (χ1v) is 13.3. The van der Waals surface area contributed by atoms with E-state index >= 15 is 0 Å². The fourth-order valence-electron chi connectivity index (χ4n) is 5.04. The Morgan fingerprint density at radius 2 is 1.62 bits per heavy atom. The van der Waals surface area contributed by atoms with E-state index in [1.165, 1.54) is 5.56 Å². The number of carbonyl (C=O) groups excluding carboxylic acids is 1. The van der Waals surface area contributed by atoms with Gasteiger partial charge in [0.05, 0.1) is 35.7 Å². The summed E-state index contributed by atoms with van der Waals surface area (Å²) in [5.74, 6) is -0.947. The number of alkyl halides is 3. The largest absolute Gasteiger partial charge is 0.417 e. The highest BCUT2D eigenvalue weighted by Crippen LogP contribution is 2.35. The molecule has 212 valence electrons. The SMILES string of the molecule is CN1CCN(c2ccc(-c3ccc(CN4CCOCC4)cc3)cc2NC(=O)c2c[nH]c(=O)cc2C(F)(F)F)CC1. The van der Waals surface area contributed by atoms with Crippen LogP contribution in [0.3, 0.4) is 0 Å². The van der Waals surface area contributed by atoms with E-state index in [1.807, 2.05) is 31.3 Å². The summed E-state index contributed by atoms with van der Waals surface area (Å²) in [5, 5.41) is 2.71. The average Bonchev–Trinajstić information content (AvgIpc) is 2.94. The van der Waals surface area contributed by atoms with E-state index in [2.05, 4.69) is 37.1 Å². The zero-order valence-corrected chi connectivity index (χ0v) is 22.3. The number of hydrogen-bond acceptors (Lipinski definition) is 6. The summed E-state index contributed by atoms with van der Waals surface area (Å²) in [6, 6.07) is 14.2. The molecule has 0 atom stereocenters. The van der Waals surface area contributed by atoms with Crippen molar-refractivity contribution in [2.24, 2.45) is 0 Å². The van der Waals surface area contributed by atoms with E-state index in [0.29, 0.717) is 24.8 Å². The molecule has 0 aliphatic carbocycles. The van der Waals surface area contributed by atoms with Crippen molar-refractivity contribution in [1.29, 1.82) is 0 Å². The minimum Gasteiger partial charge on any atom is -0.379 e. The average molecular weight is 556 g/mol. The van der Waals surface area contributed by atoms with Gasteiger partial charge in [-0.1, -0.05) is 30.3 Å². The number of anilines is 2. The molecule has 2 aliphatic rings. The maximum absolute atomic E-state index is 13.6. The van der Waals surface area contributed by atoms with E-state index in [9.17, 15) is 22.8 Å². The van der Waals surface area contributed by atoms with Crippen molar-refractivity contribution < 1.29 is 22.7 Å². The third-order valence-electron chi connectivity index (χ3n) is 7.36. The van der Waals surface area contributed by atoms with E-state index in [4.69, 9.17) is 4.74 Å². The van der Waals surface area contributed by atoms with Crippen molar-refractivity contribution in [1.82, 2.24) is 14.8 Å². The van der Waals surface area contributed by atoms with Crippen LogP contribution in [0.2, 0.25) is 0 Å². The third kappa shape index (κ3) is 6.55. The second-order valence-corrected chi connectivity index (χ2v) is 10.2. The van der Waals surface area contributed by atoms with Gasteiger partial charge in [-0.05, 0) is 35.9 Å². The van der Waals surface area contributed by atoms with Crippen LogP contribution in [0, 0.1) is 0 Å². The number of pyridine rings is 1. The molecular formula is C29H32F3N5O3. The normalized spacial score (nSPS) is 17.1. The number of aromatic amines is 1. The van der Waals surface area contributed by atoms with Crippen LogP contribution >= 0.6 is 0 Å². The number of H-pyrrole nitrogens is 1. The molecule has 2 fully saturated rings. The highest BCUT2D eigenvalue weighted by Gasteiger charge is 2.36. The second kappa shape index (κ2) is 11.8. The first kappa shape index (κ1) is 27.9. The summed E-state index contributed by atoms with van der Waals surface area (Å²) in [4.78, 5) is 33.6. The second-order valence-electron chi connectivity index (χ2n) is 10.2. The van der Waals surface area contributed by atoms with E-state index in [1.54, 1.807) is 6.07 Å². The molecule has 0 unspecified atom stereocenters. The molecule has 11 heteroatoms. The standard InChI is InChI=1S/C29H32F3N5O3/c1-35-8-10-37(11-9-35)26-7-6-22(21-4-2-20(3-5-21)19-36-12-14-40-15-13-36)16-25(26)34-28(39)23-18-33-27(38)17-24(23)29(30,31)32/h2-7,16-18H,8-15,19H2,1H3,(H,33,38)(H,34,39). The molecule has 5 rings (SSSR count). The zero-order valence-electron chi connectivity index (χ0n) is 22.3. The molecular weight excluding hydrogens is 523 g/mol. The van der Waals surface area contributed by atoms with Gasteiger partial charge in [-0.2, -0.15) is 13.2 Å². The summed E-state index contributed by atoms with van der Waals surface area (Å²) in [5.41, 5.74) is 1.20. The summed E-state index contributed by atoms with van der Waals surface area (Å²) >= 11 is 0. The van der Waals surface area contributed by atoms with Gasteiger partial charge in [0.2, 0.25) is 5.56 Å². The lowest BCUT2D eigenvalue weighted by molar-refractivity contribution is -0.138. The van der Waals surface area contributed by atoms with Gasteiger partial charge in [0.1, 0.15) is 0 Å². The molecule has 0 saturated carbocycles. The van der Waals surface area contributed by atoms with Crippen LogP contribution in [0.25, 0.3) is 11.1 Å². The van der Waals surface area contributed by atoms with Gasteiger partial charge in [0.25, 0.3) is 5.91 Å². The Morgan fingerprint density at radius 3 is 2.30 bits per heavy atom. The van der Waals surface area contributed by atoms with Crippen molar-refractivity contribution in [3.8, 4) is 11.1 Å². The Labute approximate surface area is 230 Å². The van der Waals surface area contributed by atoms with Crippen LogP contribution in [0.4, 0.5) is 24.5 Å².